The van der Waals surface area contributed by atoms with E-state index < -0.39 is 0 Å². The van der Waals surface area contributed by atoms with Gasteiger partial charge in [0, 0.05) is 24.8 Å². The van der Waals surface area contributed by atoms with Crippen molar-refractivity contribution in [3.8, 4) is 0 Å². The molecule has 2 aromatic rings. The maximum atomic E-state index is 6.22. The Bertz CT molecular complexity index is 521. The van der Waals surface area contributed by atoms with Crippen LogP contribution in [0.2, 0.25) is 8.67 Å². The highest BCUT2D eigenvalue weighted by Gasteiger charge is 2.17. The molecule has 2 aromatic heterocycles. The van der Waals surface area contributed by atoms with Gasteiger partial charge in [-0.2, -0.15) is 5.10 Å². The number of nitrogens with one attached hydrogen (secondary N) is 1. The summed E-state index contributed by atoms with van der Waals surface area (Å²) in [5, 5.41) is 7.62. The Morgan fingerprint density at radius 3 is 2.78 bits per heavy atom. The van der Waals surface area contributed by atoms with Gasteiger partial charge in [0.2, 0.25) is 0 Å². The van der Waals surface area contributed by atoms with Gasteiger partial charge in [-0.05, 0) is 24.6 Å². The monoisotopic (exact) mass is 303 g/mol. The van der Waals surface area contributed by atoms with Crippen LogP contribution in [0.25, 0.3) is 0 Å². The van der Waals surface area contributed by atoms with Crippen LogP contribution in [0.1, 0.15) is 24.1 Å². The van der Waals surface area contributed by atoms with Gasteiger partial charge in [-0.25, -0.2) is 0 Å². The molecule has 0 bridgehead atoms. The molecule has 0 fully saturated rings. The number of aryl methyl sites for hydroxylation is 1. The highest BCUT2D eigenvalue weighted by molar-refractivity contribution is 7.20. The molecule has 18 heavy (non-hydrogen) atoms. The molecule has 0 aromatic carbocycles. The van der Waals surface area contributed by atoms with Gasteiger partial charge in [0.15, 0.2) is 0 Å². The number of thiophene rings is 1. The van der Waals surface area contributed by atoms with Gasteiger partial charge in [-0.1, -0.05) is 30.1 Å². The van der Waals surface area contributed by atoms with E-state index in [0.717, 1.165) is 27.2 Å². The van der Waals surface area contributed by atoms with Gasteiger partial charge in [0.1, 0.15) is 0 Å². The molecule has 1 unspecified atom stereocenters. The molecule has 1 atom stereocenters. The fraction of sp³-hybridized carbons (Fsp3) is 0.417. The number of hydrogen-bond acceptors (Lipinski definition) is 3. The smallest absolute Gasteiger partial charge is 0.0992 e. The minimum Gasteiger partial charge on any atom is -0.310 e. The zero-order valence-electron chi connectivity index (χ0n) is 10.3. The van der Waals surface area contributed by atoms with E-state index >= 15 is 0 Å². The van der Waals surface area contributed by atoms with E-state index in [1.807, 2.05) is 25.5 Å². The van der Waals surface area contributed by atoms with Crippen LogP contribution in [-0.4, -0.2) is 16.3 Å². The van der Waals surface area contributed by atoms with Gasteiger partial charge < -0.3 is 5.32 Å². The molecule has 0 aliphatic heterocycles. The van der Waals surface area contributed by atoms with E-state index in [1.54, 1.807) is 4.68 Å². The molecule has 0 aliphatic carbocycles. The van der Waals surface area contributed by atoms with E-state index in [2.05, 4.69) is 17.3 Å². The zero-order chi connectivity index (χ0) is 13.1. The average molecular weight is 304 g/mol. The summed E-state index contributed by atoms with van der Waals surface area (Å²) in [5.74, 6) is 0. The predicted molar refractivity (Wildman–Crippen MR) is 77.7 cm³/mol. The molecule has 0 spiro atoms. The van der Waals surface area contributed by atoms with Crippen LogP contribution in [0.15, 0.2) is 18.5 Å². The quantitative estimate of drug-likeness (QED) is 0.913. The van der Waals surface area contributed by atoms with Gasteiger partial charge in [0.05, 0.1) is 14.9 Å². The number of likely N-dealkylation sites (N-methyl/N-ethyl adjacent to an activating group) is 1. The van der Waals surface area contributed by atoms with Crippen molar-refractivity contribution in [2.24, 2.45) is 7.05 Å². The highest BCUT2D eigenvalue weighted by atomic mass is 35.5. The summed E-state index contributed by atoms with van der Waals surface area (Å²) in [4.78, 5) is 0. The normalized spacial score (nSPS) is 12.9. The van der Waals surface area contributed by atoms with Gasteiger partial charge in [-0.3, -0.25) is 4.68 Å². The molecule has 0 saturated heterocycles. The molecule has 2 heterocycles. The summed E-state index contributed by atoms with van der Waals surface area (Å²) in [5.41, 5.74) is 2.25. The van der Waals surface area contributed by atoms with Crippen molar-refractivity contribution < 1.29 is 0 Å². The van der Waals surface area contributed by atoms with E-state index in [4.69, 9.17) is 23.2 Å². The molecule has 98 valence electrons. The number of aromatic nitrogens is 2. The van der Waals surface area contributed by atoms with E-state index in [9.17, 15) is 0 Å². The zero-order valence-corrected chi connectivity index (χ0v) is 12.6. The molecular formula is C12H15Cl2N3S. The molecule has 2 rings (SSSR count). The number of rotatable bonds is 5. The molecule has 0 radical (unpaired) electrons. The van der Waals surface area contributed by atoms with Crippen LogP contribution in [0.3, 0.4) is 0 Å². The summed E-state index contributed by atoms with van der Waals surface area (Å²) in [7, 11) is 1.92. The van der Waals surface area contributed by atoms with Crippen molar-refractivity contribution in [1.82, 2.24) is 15.1 Å². The highest BCUT2D eigenvalue weighted by Crippen LogP contribution is 2.36. The maximum Gasteiger partial charge on any atom is 0.0992 e. The lowest BCUT2D eigenvalue weighted by Gasteiger charge is -2.16. The average Bonchev–Trinajstić information content (AvgIpc) is 2.84. The lowest BCUT2D eigenvalue weighted by atomic mass is 10.0. The second kappa shape index (κ2) is 6.06. The van der Waals surface area contributed by atoms with Crippen LogP contribution in [0, 0.1) is 0 Å². The second-order valence-corrected chi connectivity index (χ2v) is 6.40. The third-order valence-electron chi connectivity index (χ3n) is 2.71. The van der Waals surface area contributed by atoms with Crippen molar-refractivity contribution in [3.05, 3.63) is 38.3 Å². The number of nitrogens with zero attached hydrogens (tertiary/aromatic N) is 2. The first-order chi connectivity index (χ1) is 8.60. The lowest BCUT2D eigenvalue weighted by molar-refractivity contribution is 0.551. The molecule has 3 nitrogen and oxygen atoms in total. The predicted octanol–water partition coefficient (Wildman–Crippen LogP) is 3.68. The van der Waals surface area contributed by atoms with E-state index in [1.165, 1.54) is 16.9 Å². The molecule has 0 amide bonds. The molecule has 1 N–H and O–H groups in total. The van der Waals surface area contributed by atoms with Crippen LogP contribution in [0.4, 0.5) is 0 Å². The summed E-state index contributed by atoms with van der Waals surface area (Å²) in [6.07, 6.45) is 4.76. The fourth-order valence-electron chi connectivity index (χ4n) is 1.94. The SMILES string of the molecule is CCNC(Cc1cnn(C)c1)c1cc(Cl)sc1Cl. The first-order valence-corrected chi connectivity index (χ1v) is 7.33. The minimum absolute atomic E-state index is 0.176. The molecular weight excluding hydrogens is 289 g/mol. The van der Waals surface area contributed by atoms with Gasteiger partial charge >= 0.3 is 0 Å². The van der Waals surface area contributed by atoms with E-state index in [-0.39, 0.29) is 6.04 Å². The topological polar surface area (TPSA) is 29.9 Å². The van der Waals surface area contributed by atoms with Gasteiger partial charge in [-0.15, -0.1) is 11.3 Å². The third kappa shape index (κ3) is 3.26. The van der Waals surface area contributed by atoms with Crippen LogP contribution >= 0.6 is 34.5 Å². The van der Waals surface area contributed by atoms with Crippen molar-refractivity contribution in [3.63, 3.8) is 0 Å². The Kier molecular flexibility index (Phi) is 4.67. The Labute approximate surface area is 121 Å². The lowest BCUT2D eigenvalue weighted by Crippen LogP contribution is -2.22. The first-order valence-electron chi connectivity index (χ1n) is 5.75. The maximum absolute atomic E-state index is 6.22. The molecule has 0 aliphatic rings. The molecule has 6 heteroatoms. The number of hydrogen-bond donors (Lipinski definition) is 1. The Balaban J connectivity index is 2.20. The third-order valence-corrected chi connectivity index (χ3v) is 4.23. The molecule has 0 saturated carbocycles. The minimum atomic E-state index is 0.176. The summed E-state index contributed by atoms with van der Waals surface area (Å²) in [6.45, 7) is 2.97. The first kappa shape index (κ1) is 13.9. The van der Waals surface area contributed by atoms with Gasteiger partial charge in [0.25, 0.3) is 0 Å². The standard InChI is InChI=1S/C12H15Cl2N3S/c1-3-15-10(4-8-6-16-17(2)7-8)9-5-11(13)18-12(9)14/h5-7,10,15H,3-4H2,1-2H3. The van der Waals surface area contributed by atoms with Crippen LogP contribution < -0.4 is 5.32 Å². The van der Waals surface area contributed by atoms with Crippen molar-refractivity contribution >= 4 is 34.5 Å². The Hall–Kier alpha value is -0.550. The Morgan fingerprint density at radius 2 is 2.28 bits per heavy atom. The summed E-state index contributed by atoms with van der Waals surface area (Å²) < 4.78 is 3.29. The summed E-state index contributed by atoms with van der Waals surface area (Å²) in [6, 6.07) is 2.12. The van der Waals surface area contributed by atoms with Crippen molar-refractivity contribution in [1.29, 1.82) is 0 Å². The van der Waals surface area contributed by atoms with Crippen molar-refractivity contribution in [2.45, 2.75) is 19.4 Å². The number of halogens is 2. The van der Waals surface area contributed by atoms with Crippen LogP contribution in [0.5, 0.6) is 0 Å². The summed E-state index contributed by atoms with van der Waals surface area (Å²) >= 11 is 13.6. The fourth-order valence-corrected chi connectivity index (χ4v) is 3.52. The second-order valence-electron chi connectivity index (χ2n) is 4.12. The Morgan fingerprint density at radius 1 is 1.50 bits per heavy atom. The van der Waals surface area contributed by atoms with E-state index in [0.29, 0.717) is 0 Å². The van der Waals surface area contributed by atoms with Crippen LogP contribution in [-0.2, 0) is 13.5 Å². The largest absolute Gasteiger partial charge is 0.310 e. The van der Waals surface area contributed by atoms with Crippen molar-refractivity contribution in [2.75, 3.05) is 6.54 Å².